The van der Waals surface area contributed by atoms with Crippen LogP contribution in [0.15, 0.2) is 204 Å². The van der Waals surface area contributed by atoms with Crippen LogP contribution in [0.5, 0.6) is 0 Å². The maximum Gasteiger partial charge on any atom is 0.333 e. The van der Waals surface area contributed by atoms with E-state index in [2.05, 4.69) is 47.1 Å². The van der Waals surface area contributed by atoms with Crippen LogP contribution in [0, 0.1) is 0 Å². The standard InChI is InChI=1S/C27H27Cl2N5O6S2.C23H16Cl2N4O6S2.2C22H16Cl2N4O5S2/c28-21-16-19(31-27(37)32-42(38,39)25-7-6-23(29)41-25)3-5-22(21)34-24(35)15-17-14-18(2-4-20(17)26(34)36)30-8-1-9-33-10-12-40-13-11-33;24-16-11-14(27-23(32)28-37(33,34)20-6-5-18(25)36-20)2-4-17(16)29-19(30)10-13-9-12(21-26-7-8-35-21)1-3-15(13)22(29)31;23-15-9-11(26-22(31)27-35(32,33)20-6-5-18(24)34-20)1-4-17(15)28-19(29)10-14-12-7-8-25-16(12)3-2-13(14)21(28)30;23-15-10-13(26-22(31)27-35(32,33)20-4-3-18(24)34-20)1-2-17(15)28-19(29)9-12-8-16-11(5-6-25-16)7-14(12)21(28)30/h2-7,14,16,30H,1,8-13,15H2,(H2,31,32,37);1-6,9,11H,7-8,10H2,(H2,27,28,32);1-6,9,25H,7-8,10H2,(H2,26,27,31);1-4,7-8,10,25H,5-6,9H2,(H2,26,27,31). The lowest BCUT2D eigenvalue weighted by atomic mass is 9.91. The lowest BCUT2D eigenvalue weighted by molar-refractivity contribution is -0.118. The minimum absolute atomic E-state index is 0.00109. The van der Waals surface area contributed by atoms with Crippen molar-refractivity contribution in [1.82, 2.24) is 23.8 Å². The Morgan fingerprint density at radius 2 is 0.732 bits per heavy atom. The van der Waals surface area contributed by atoms with Crippen molar-refractivity contribution in [3.63, 3.8) is 0 Å². The number of morpholine rings is 1. The summed E-state index contributed by atoms with van der Waals surface area (Å²) in [6.07, 6.45) is 2.57. The number of hydrogen-bond donors (Lipinski definition) is 11. The van der Waals surface area contributed by atoms with Crippen LogP contribution >= 0.6 is 138 Å². The van der Waals surface area contributed by atoms with Crippen molar-refractivity contribution < 1.29 is 101 Å². The molecule has 8 aliphatic heterocycles. The summed E-state index contributed by atoms with van der Waals surface area (Å²) in [5.41, 5.74) is 10.8. The Morgan fingerprint density at radius 3 is 1.13 bits per heavy atom. The molecular weight excluding hydrogens is 2260 g/mol. The molecule has 12 heterocycles. The molecule has 0 unspecified atom stereocenters. The lowest BCUT2D eigenvalue weighted by Gasteiger charge is -2.29. The number of amides is 16. The molecule has 12 aromatic rings. The van der Waals surface area contributed by atoms with Crippen molar-refractivity contribution in [2.45, 2.75) is 61.8 Å². The minimum Gasteiger partial charge on any atom is -0.476 e. The number of imide groups is 4. The van der Waals surface area contributed by atoms with Crippen LogP contribution in [0.4, 0.5) is 81.7 Å². The van der Waals surface area contributed by atoms with Gasteiger partial charge >= 0.3 is 24.1 Å². The van der Waals surface area contributed by atoms with Crippen LogP contribution in [0.3, 0.4) is 0 Å². The second-order valence-electron chi connectivity index (χ2n) is 33.1. The van der Waals surface area contributed by atoms with E-state index >= 15 is 0 Å². The molecule has 0 atom stereocenters. The average molecular weight is 2330 g/mol. The van der Waals surface area contributed by atoms with Crippen molar-refractivity contribution in [3.8, 4) is 0 Å². The first-order valence-corrected chi connectivity index (χ1v) is 56.5. The molecule has 0 bridgehead atoms. The van der Waals surface area contributed by atoms with Gasteiger partial charge < -0.3 is 46.7 Å². The molecule has 4 aromatic heterocycles. The second-order valence-corrected chi connectivity index (χ2v) is 49.3. The summed E-state index contributed by atoms with van der Waals surface area (Å²) in [5, 5.41) is 19.4. The van der Waals surface area contributed by atoms with E-state index in [9.17, 15) is 91.2 Å². The fourth-order valence-corrected chi connectivity index (χ4v) is 27.3. The van der Waals surface area contributed by atoms with E-state index in [1.165, 1.54) is 121 Å². The van der Waals surface area contributed by atoms with Crippen molar-refractivity contribution in [1.29, 1.82) is 0 Å². The highest BCUT2D eigenvalue weighted by Gasteiger charge is 2.41. The number of carbonyl (C=O) groups is 12. The van der Waals surface area contributed by atoms with Crippen molar-refractivity contribution in [2.75, 3.05) is 122 Å². The number of aliphatic imine (C=N–C) groups is 1. The SMILES string of the molecule is O=C(Nc1ccc(N2C(=O)Cc3c(ccc4c3CCN4)C2=O)c(Cl)c1)NS(=O)(=O)c1ccc(Cl)s1.O=C(Nc1ccc(N2C(=O)Cc3cc(C4=NCCO4)ccc3C2=O)c(Cl)c1)NS(=O)(=O)c1ccc(Cl)s1.O=C(Nc1ccc(N2C(=O)Cc3cc(NCCCN4CCOCC4)ccc3C2=O)c(Cl)c1)NS(=O)(=O)c1ccc(Cl)s1.O=C(Nc1ccc(N2C(=O)Cc3cc4c(cc3C2=O)CCN4)c(Cl)c1)NS(=O)(=O)c1ccc(Cl)s1. The molecule has 0 spiro atoms. The third kappa shape index (κ3) is 24.6. The van der Waals surface area contributed by atoms with Crippen molar-refractivity contribution >= 4 is 318 Å². The fraction of sp³-hybridized carbons (Fsp3) is 0.181. The quantitative estimate of drug-likeness (QED) is 0.0222. The highest BCUT2D eigenvalue weighted by Crippen LogP contribution is 2.43. The summed E-state index contributed by atoms with van der Waals surface area (Å²) >= 11 is 51.8. The maximum atomic E-state index is 13.3. The number of hydrogen-bond acceptors (Lipinski definition) is 31. The summed E-state index contributed by atoms with van der Waals surface area (Å²) in [7, 11) is -16.4. The molecule has 0 aliphatic carbocycles. The molecule has 39 nitrogen and oxygen atoms in total. The normalized spacial score (nSPS) is 15.2. The summed E-state index contributed by atoms with van der Waals surface area (Å²) in [6, 6.07) is 40.8. The predicted molar refractivity (Wildman–Crippen MR) is 570 cm³/mol. The average Bonchev–Trinajstić information content (AvgIpc) is 1.52. The number of nitrogens with one attached hydrogen (secondary N) is 11. The first-order chi connectivity index (χ1) is 71.0. The second kappa shape index (κ2) is 45.1. The number of sulfonamides is 4. The molecule has 1 saturated heterocycles. The van der Waals surface area contributed by atoms with E-state index < -0.39 is 111 Å². The molecule has 8 aromatic carbocycles. The molecule has 11 N–H and O–H groups in total. The minimum atomic E-state index is -4.12. The van der Waals surface area contributed by atoms with Gasteiger partial charge in [0, 0.05) is 100 Å². The van der Waals surface area contributed by atoms with Crippen molar-refractivity contribution in [2.24, 2.45) is 4.99 Å². The number of rotatable bonds is 22. The molecule has 0 radical (unpaired) electrons. The predicted octanol–water partition coefficient (Wildman–Crippen LogP) is 17.0. The Morgan fingerprint density at radius 1 is 0.362 bits per heavy atom. The highest BCUT2D eigenvalue weighted by atomic mass is 35.5. The van der Waals surface area contributed by atoms with E-state index in [0.29, 0.717) is 63.6 Å². The van der Waals surface area contributed by atoms with E-state index in [4.69, 9.17) is 102 Å². The Bertz CT molecular complexity index is 7980. The van der Waals surface area contributed by atoms with E-state index in [1.54, 1.807) is 30.3 Å². The number of ether oxygens (including phenoxy) is 2. The van der Waals surface area contributed by atoms with Gasteiger partial charge in [0.25, 0.3) is 63.7 Å². The van der Waals surface area contributed by atoms with Crippen LogP contribution in [0.1, 0.15) is 86.8 Å². The number of benzene rings is 8. The van der Waals surface area contributed by atoms with Gasteiger partial charge in [0.1, 0.15) is 23.4 Å². The number of carbonyl (C=O) groups excluding carboxylic acids is 12. The number of fused-ring (bicyclic) bond motifs is 7. The van der Waals surface area contributed by atoms with Gasteiger partial charge in [-0.2, -0.15) is 0 Å². The summed E-state index contributed by atoms with van der Waals surface area (Å²) < 4.78 is 117. The molecule has 0 saturated carbocycles. The Hall–Kier alpha value is -12.9. The van der Waals surface area contributed by atoms with Gasteiger partial charge in [-0.25, -0.2) is 96.3 Å². The molecule has 149 heavy (non-hydrogen) atoms. The summed E-state index contributed by atoms with van der Waals surface area (Å²) in [4.78, 5) is 164. The first kappa shape index (κ1) is 107. The van der Waals surface area contributed by atoms with Gasteiger partial charge in [-0.05, 0) is 241 Å². The van der Waals surface area contributed by atoms with E-state index in [0.717, 1.165) is 170 Å². The Labute approximate surface area is 904 Å². The van der Waals surface area contributed by atoms with Gasteiger partial charge in [-0.15, -0.1) is 45.3 Å². The van der Waals surface area contributed by atoms with E-state index in [1.807, 2.05) is 49.2 Å². The summed E-state index contributed by atoms with van der Waals surface area (Å²) in [6.45, 7) is 7.71. The number of halogens is 8. The number of thiophene rings is 4. The number of urea groups is 4. The lowest BCUT2D eigenvalue weighted by Crippen LogP contribution is -2.43. The third-order valence-electron chi connectivity index (χ3n) is 23.3. The van der Waals surface area contributed by atoms with Gasteiger partial charge in [0.05, 0.1) is 106 Å². The van der Waals surface area contributed by atoms with Crippen LogP contribution < -0.4 is 75.7 Å². The molecule has 772 valence electrons. The van der Waals surface area contributed by atoms with Gasteiger partial charge in [-0.3, -0.25) is 43.3 Å². The summed E-state index contributed by atoms with van der Waals surface area (Å²) in [5.74, 6) is -3.31. The van der Waals surface area contributed by atoms with Crippen LogP contribution in [0.2, 0.25) is 37.4 Å². The molecule has 20 rings (SSSR count). The molecule has 8 aliphatic rings. The van der Waals surface area contributed by atoms with Crippen LogP contribution in [-0.4, -0.2) is 181 Å². The first-order valence-electron chi connectivity index (χ1n) is 44.3. The molecule has 1 fully saturated rings. The topological polar surface area (TPSA) is 521 Å². The fourth-order valence-electron chi connectivity index (χ4n) is 16.6. The molecular formula is C94H75Cl8N17O22S8. The van der Waals surface area contributed by atoms with Crippen LogP contribution in [-0.2, 0) is 107 Å². The monoisotopic (exact) mass is 2330 g/mol. The largest absolute Gasteiger partial charge is 0.476 e. The maximum absolute atomic E-state index is 13.3. The number of anilines is 11. The number of nitrogens with zero attached hydrogens (tertiary/aromatic N) is 6. The van der Waals surface area contributed by atoms with Gasteiger partial charge in [0.2, 0.25) is 29.5 Å². The van der Waals surface area contributed by atoms with Crippen molar-refractivity contribution in [3.05, 3.63) is 281 Å². The third-order valence-corrected chi connectivity index (χ3v) is 36.7. The van der Waals surface area contributed by atoms with Crippen LogP contribution in [0.25, 0.3) is 0 Å². The zero-order valence-corrected chi connectivity index (χ0v) is 88.9. The van der Waals surface area contributed by atoms with E-state index in [-0.39, 0.29) is 125 Å². The van der Waals surface area contributed by atoms with Gasteiger partial charge in [0.15, 0.2) is 0 Å². The van der Waals surface area contributed by atoms with Gasteiger partial charge in [-0.1, -0.05) is 92.8 Å². The Kier molecular flexibility index (Phi) is 32.5. The Balaban J connectivity index is 0.000000136. The zero-order chi connectivity index (χ0) is 106. The zero-order valence-electron chi connectivity index (χ0n) is 76.3. The highest BCUT2D eigenvalue weighted by molar-refractivity contribution is 7.93. The molecule has 16 amide bonds. The smallest absolute Gasteiger partial charge is 0.333 e. The molecule has 55 heteroatoms.